The number of aliphatic carboxylic acids is 1. The number of fused-ring (bicyclic) bond motifs is 2. The Labute approximate surface area is 393 Å². The van der Waals surface area contributed by atoms with Crippen LogP contribution in [0.2, 0.25) is 0 Å². The van der Waals surface area contributed by atoms with Crippen LogP contribution in [0.5, 0.6) is 0 Å². The molecule has 0 radical (unpaired) electrons. The SMILES string of the molecule is CCC(N=C(N)N)[C@@H]1NC(=O)[C@H](Cc2c[nH]c3ncccc23)NC(=O)[C@@H](CC2CCC(O)CC2)NC(=O)[C@@H]2C[C@@H](O)CN2C(=O)[C@@H](NC(=O)[C@H](Cc2ccccc2)NCC(=O)O)CCCNC1=O. The van der Waals surface area contributed by atoms with Crippen LogP contribution in [0.15, 0.2) is 59.9 Å². The molecular weight excluding hydrogens is 881 g/mol. The minimum atomic E-state index is -1.37. The second-order valence-electron chi connectivity index (χ2n) is 17.9. The summed E-state index contributed by atoms with van der Waals surface area (Å²) in [4.78, 5) is 111. The van der Waals surface area contributed by atoms with Crippen LogP contribution in [0.3, 0.4) is 0 Å². The summed E-state index contributed by atoms with van der Waals surface area (Å²) in [5.74, 6) is -6.03. The maximum Gasteiger partial charge on any atom is 0.317 e. The number of carbonyl (C=O) groups excluding carboxylic acids is 6. The Kier molecular flexibility index (Phi) is 17.8. The van der Waals surface area contributed by atoms with E-state index in [1.54, 1.807) is 61.8 Å². The Morgan fingerprint density at radius 1 is 0.897 bits per heavy atom. The van der Waals surface area contributed by atoms with E-state index in [4.69, 9.17) is 11.5 Å². The number of rotatable bonds is 14. The zero-order chi connectivity index (χ0) is 48.9. The number of nitrogens with two attached hydrogens (primary N) is 2. The van der Waals surface area contributed by atoms with Gasteiger partial charge in [0.25, 0.3) is 0 Å². The van der Waals surface area contributed by atoms with Gasteiger partial charge >= 0.3 is 5.97 Å². The summed E-state index contributed by atoms with van der Waals surface area (Å²) in [6.07, 6.45) is 3.74. The van der Waals surface area contributed by atoms with Crippen LogP contribution in [0.25, 0.3) is 11.0 Å². The van der Waals surface area contributed by atoms with Gasteiger partial charge in [-0.1, -0.05) is 37.3 Å². The Hall–Kier alpha value is -6.65. The monoisotopic (exact) mass is 944 g/mol. The summed E-state index contributed by atoms with van der Waals surface area (Å²) in [6, 6.07) is 3.70. The van der Waals surface area contributed by atoms with Crippen LogP contribution in [-0.4, -0.2) is 152 Å². The number of aliphatic imine (C=N–C) groups is 1. The van der Waals surface area contributed by atoms with E-state index in [-0.39, 0.29) is 69.9 Å². The third kappa shape index (κ3) is 13.7. The number of aromatic nitrogens is 2. The topological polar surface area (TPSA) is 349 Å². The van der Waals surface area contributed by atoms with Crippen molar-refractivity contribution in [2.45, 2.75) is 132 Å². The normalized spacial score (nSPS) is 26.5. The van der Waals surface area contributed by atoms with Gasteiger partial charge in [-0.05, 0) is 87.0 Å². The number of aromatic amines is 1. The van der Waals surface area contributed by atoms with Crippen molar-refractivity contribution < 1.29 is 48.9 Å². The average molecular weight is 945 g/mol. The molecular formula is C46H64N12O10. The summed E-state index contributed by atoms with van der Waals surface area (Å²) in [5.41, 5.74) is 13.4. The van der Waals surface area contributed by atoms with E-state index in [0.717, 1.165) is 4.90 Å². The van der Waals surface area contributed by atoms with Crippen molar-refractivity contribution in [3.05, 3.63) is 66.0 Å². The predicted octanol–water partition coefficient (Wildman–Crippen LogP) is -1.80. The Balaban J connectivity index is 1.36. The van der Waals surface area contributed by atoms with Crippen molar-refractivity contribution >= 4 is 58.4 Å². The van der Waals surface area contributed by atoms with E-state index < -0.39 is 102 Å². The molecule has 2 aliphatic heterocycles. The smallest absolute Gasteiger partial charge is 0.317 e. The Morgan fingerprint density at radius 3 is 2.32 bits per heavy atom. The molecule has 0 bridgehead atoms. The molecule has 1 unspecified atom stereocenters. The molecule has 2 aromatic heterocycles. The number of hydrogen-bond donors (Lipinski definition) is 12. The van der Waals surface area contributed by atoms with Gasteiger partial charge in [-0.25, -0.2) is 9.98 Å². The number of amides is 6. The molecule has 8 atom stereocenters. The summed E-state index contributed by atoms with van der Waals surface area (Å²) >= 11 is 0. The molecule has 1 aliphatic carbocycles. The molecule has 68 heavy (non-hydrogen) atoms. The van der Waals surface area contributed by atoms with E-state index in [9.17, 15) is 48.9 Å². The van der Waals surface area contributed by atoms with Crippen LogP contribution < -0.4 is 43.4 Å². The number of nitrogens with zero attached hydrogens (tertiary/aromatic N) is 3. The van der Waals surface area contributed by atoms with Crippen molar-refractivity contribution in [1.29, 1.82) is 0 Å². The second-order valence-corrected chi connectivity index (χ2v) is 17.9. The first-order valence-corrected chi connectivity index (χ1v) is 23.2. The number of hydrogen-bond acceptors (Lipinski definition) is 12. The largest absolute Gasteiger partial charge is 0.480 e. The van der Waals surface area contributed by atoms with E-state index >= 15 is 0 Å². The zero-order valence-electron chi connectivity index (χ0n) is 38.1. The number of benzene rings is 1. The number of H-pyrrole nitrogens is 1. The lowest BCUT2D eigenvalue weighted by molar-refractivity contribution is -0.143. The van der Waals surface area contributed by atoms with Crippen molar-refractivity contribution in [3.63, 3.8) is 0 Å². The standard InChI is InChI=1S/C46H64N12O10/c1-2-31(56-46(47)48)38-44(67)50-17-7-11-32(53-40(63)33(51-23-37(61)62)18-25-8-4-3-5-9-25)45(68)58-24-29(60)21-36(58)43(66)55-34(19-26-12-14-28(59)15-13-26)41(64)54-35(42(65)57-38)20-27-22-52-39-30(27)10-6-16-49-39/h3-6,8-10,16,22,26,28-29,31-36,38,51,59-60H,2,7,11-15,17-21,23-24H2,1H3,(H,49,52)(H,50,67)(H,53,63)(H,54,64)(H,55,66)(H,57,65)(H,61,62)(H4,47,48,56)/t26?,28?,29-,31?,32+,33+,34-,35+,36+,38+/m1/s1. The first-order chi connectivity index (χ1) is 32.6. The molecule has 1 aromatic carbocycles. The lowest BCUT2D eigenvalue weighted by Crippen LogP contribution is -2.61. The molecule has 0 spiro atoms. The van der Waals surface area contributed by atoms with Crippen molar-refractivity contribution in [3.8, 4) is 0 Å². The molecule has 6 rings (SSSR count). The number of carboxylic acid groups (broad SMARTS) is 1. The molecule has 14 N–H and O–H groups in total. The fourth-order valence-electron chi connectivity index (χ4n) is 9.26. The highest BCUT2D eigenvalue weighted by Gasteiger charge is 2.44. The third-order valence-corrected chi connectivity index (χ3v) is 12.9. The van der Waals surface area contributed by atoms with E-state index in [0.29, 0.717) is 47.8 Å². The van der Waals surface area contributed by atoms with Gasteiger partial charge in [-0.3, -0.25) is 38.9 Å². The molecule has 3 fully saturated rings. The molecule has 22 heteroatoms. The van der Waals surface area contributed by atoms with Gasteiger partial charge in [-0.2, -0.15) is 0 Å². The lowest BCUT2D eigenvalue weighted by Gasteiger charge is -2.33. The first-order valence-electron chi connectivity index (χ1n) is 23.2. The summed E-state index contributed by atoms with van der Waals surface area (Å²) < 4.78 is 0. The maximum atomic E-state index is 14.7. The van der Waals surface area contributed by atoms with Crippen LogP contribution in [-0.2, 0) is 46.4 Å². The summed E-state index contributed by atoms with van der Waals surface area (Å²) in [5, 5.41) is 48.1. The number of carboxylic acids is 1. The maximum absolute atomic E-state index is 14.7. The van der Waals surface area contributed by atoms with Crippen LogP contribution in [0.1, 0.15) is 75.8 Å². The van der Waals surface area contributed by atoms with Crippen molar-refractivity contribution in [1.82, 2.24) is 46.8 Å². The predicted molar refractivity (Wildman–Crippen MR) is 248 cm³/mol. The quantitative estimate of drug-likeness (QED) is 0.0627. The highest BCUT2D eigenvalue weighted by Crippen LogP contribution is 2.29. The summed E-state index contributed by atoms with van der Waals surface area (Å²) in [7, 11) is 0. The number of nitrogens with one attached hydrogen (secondary N) is 7. The summed E-state index contributed by atoms with van der Waals surface area (Å²) in [6.45, 7) is 0.789. The molecule has 3 aromatic rings. The van der Waals surface area contributed by atoms with E-state index in [1.807, 2.05) is 0 Å². The molecule has 4 heterocycles. The van der Waals surface area contributed by atoms with E-state index in [1.165, 1.54) is 0 Å². The van der Waals surface area contributed by atoms with Gasteiger partial charge in [-0.15, -0.1) is 0 Å². The first kappa shape index (κ1) is 50.8. The van der Waals surface area contributed by atoms with Crippen LogP contribution in [0, 0.1) is 5.92 Å². The minimum absolute atomic E-state index is 0.0646. The highest BCUT2D eigenvalue weighted by molar-refractivity contribution is 5.98. The van der Waals surface area contributed by atoms with Gasteiger partial charge in [0, 0.05) is 43.7 Å². The molecule has 368 valence electrons. The van der Waals surface area contributed by atoms with Gasteiger partial charge in [0.15, 0.2) is 5.96 Å². The molecule has 3 aliphatic rings. The number of aliphatic hydroxyl groups is 2. The Morgan fingerprint density at radius 2 is 1.62 bits per heavy atom. The molecule has 22 nitrogen and oxygen atoms in total. The van der Waals surface area contributed by atoms with Crippen molar-refractivity contribution in [2.75, 3.05) is 19.6 Å². The fraction of sp³-hybridized carbons (Fsp3) is 0.543. The van der Waals surface area contributed by atoms with Gasteiger partial charge in [0.1, 0.15) is 35.9 Å². The molecule has 2 saturated heterocycles. The average Bonchev–Trinajstić information content (AvgIpc) is 3.92. The van der Waals surface area contributed by atoms with E-state index in [2.05, 4.69) is 46.9 Å². The number of guanidine groups is 1. The van der Waals surface area contributed by atoms with Gasteiger partial charge in [0.05, 0.1) is 30.8 Å². The molecule has 6 amide bonds. The zero-order valence-corrected chi connectivity index (χ0v) is 38.1. The van der Waals surface area contributed by atoms with Crippen LogP contribution >= 0.6 is 0 Å². The van der Waals surface area contributed by atoms with Gasteiger partial charge in [0.2, 0.25) is 35.4 Å². The second kappa shape index (κ2) is 23.9. The van der Waals surface area contributed by atoms with Crippen molar-refractivity contribution in [2.24, 2.45) is 22.4 Å². The Bertz CT molecular complexity index is 2280. The molecule has 1 saturated carbocycles. The number of carbonyl (C=O) groups is 7. The number of aliphatic hydroxyl groups excluding tert-OH is 2. The lowest BCUT2D eigenvalue weighted by atomic mass is 9.83. The highest BCUT2D eigenvalue weighted by atomic mass is 16.4. The van der Waals surface area contributed by atoms with Crippen LogP contribution in [0.4, 0.5) is 0 Å². The van der Waals surface area contributed by atoms with Gasteiger partial charge < -0.3 is 63.3 Å². The third-order valence-electron chi connectivity index (χ3n) is 12.9. The fourth-order valence-corrected chi connectivity index (χ4v) is 9.26. The minimum Gasteiger partial charge on any atom is -0.480 e. The number of pyridine rings is 1.